The molecule has 1 atom stereocenters. The second kappa shape index (κ2) is 8.00. The lowest BCUT2D eigenvalue weighted by Gasteiger charge is -2.28. The number of para-hydroxylation sites is 1. The largest absolute Gasteiger partial charge is 0.492 e. The number of hydrogen-bond donors (Lipinski definition) is 2. The molecular weight excluding hydrogens is 378 g/mol. The molecule has 1 amide bonds. The third kappa shape index (κ3) is 3.97. The van der Waals surface area contributed by atoms with Gasteiger partial charge in [0, 0.05) is 49.6 Å². The number of benzene rings is 2. The summed E-state index contributed by atoms with van der Waals surface area (Å²) in [5, 5.41) is 10.2. The fourth-order valence-electron chi connectivity index (χ4n) is 3.39. The Morgan fingerprint density at radius 1 is 1.24 bits per heavy atom. The zero-order valence-electron chi connectivity index (χ0n) is 15.8. The number of anilines is 1. The van der Waals surface area contributed by atoms with Crippen LogP contribution in [0, 0.1) is 11.6 Å². The summed E-state index contributed by atoms with van der Waals surface area (Å²) in [6.45, 7) is 1.09. The van der Waals surface area contributed by atoms with E-state index in [0.29, 0.717) is 24.5 Å². The van der Waals surface area contributed by atoms with Crippen molar-refractivity contribution < 1.29 is 18.3 Å². The van der Waals surface area contributed by atoms with Gasteiger partial charge in [0.1, 0.15) is 5.75 Å². The van der Waals surface area contributed by atoms with E-state index in [-0.39, 0.29) is 11.7 Å². The maximum absolute atomic E-state index is 13.4. The zero-order chi connectivity index (χ0) is 20.4. The van der Waals surface area contributed by atoms with Gasteiger partial charge >= 0.3 is 0 Å². The summed E-state index contributed by atoms with van der Waals surface area (Å²) >= 11 is 0. The highest BCUT2D eigenvalue weighted by molar-refractivity contribution is 6.06. The van der Waals surface area contributed by atoms with Gasteiger partial charge in [-0.3, -0.25) is 9.48 Å². The van der Waals surface area contributed by atoms with E-state index in [0.717, 1.165) is 29.8 Å². The molecule has 0 radical (unpaired) electrons. The summed E-state index contributed by atoms with van der Waals surface area (Å²) in [5.74, 6) is -1.93. The number of rotatable bonds is 5. The first-order valence-electron chi connectivity index (χ1n) is 9.25. The van der Waals surface area contributed by atoms with Gasteiger partial charge in [0.2, 0.25) is 0 Å². The van der Waals surface area contributed by atoms with Crippen molar-refractivity contribution in [3.05, 3.63) is 77.1 Å². The second-order valence-electron chi connectivity index (χ2n) is 6.82. The van der Waals surface area contributed by atoms with Crippen molar-refractivity contribution in [2.75, 3.05) is 11.9 Å². The average Bonchev–Trinajstić information content (AvgIpc) is 3.13. The predicted octanol–water partition coefficient (Wildman–Crippen LogP) is 3.56. The average molecular weight is 398 g/mol. The van der Waals surface area contributed by atoms with Crippen LogP contribution in [0.4, 0.5) is 14.5 Å². The topological polar surface area (TPSA) is 68.2 Å². The molecule has 1 aliphatic heterocycles. The smallest absolute Gasteiger partial charge is 0.259 e. The standard InChI is InChI=1S/C21H20F2N4O2/c1-27-14(7-9-25-27)12-24-19-8-10-29-20-15(19)3-2-4-16(20)21(28)26-13-5-6-17(22)18(23)11-13/h2-7,9,11,19,24H,8,10,12H2,1H3,(H,26,28)/t19-/m0/s1. The lowest BCUT2D eigenvalue weighted by Crippen LogP contribution is -2.28. The Labute approximate surface area is 166 Å². The number of aryl methyl sites for hydroxylation is 1. The third-order valence-corrected chi connectivity index (χ3v) is 4.95. The molecule has 2 heterocycles. The van der Waals surface area contributed by atoms with E-state index in [2.05, 4.69) is 15.7 Å². The van der Waals surface area contributed by atoms with Crippen LogP contribution in [-0.2, 0) is 13.6 Å². The Hall–Kier alpha value is -3.26. The van der Waals surface area contributed by atoms with E-state index in [1.165, 1.54) is 6.07 Å². The lowest BCUT2D eigenvalue weighted by atomic mass is 9.97. The quantitative estimate of drug-likeness (QED) is 0.690. The Bertz CT molecular complexity index is 1050. The van der Waals surface area contributed by atoms with Gasteiger partial charge in [-0.05, 0) is 24.3 Å². The number of nitrogens with zero attached hydrogens (tertiary/aromatic N) is 2. The van der Waals surface area contributed by atoms with Crippen molar-refractivity contribution in [1.29, 1.82) is 0 Å². The summed E-state index contributed by atoms with van der Waals surface area (Å²) in [6.07, 6.45) is 2.51. The highest BCUT2D eigenvalue weighted by Crippen LogP contribution is 2.35. The van der Waals surface area contributed by atoms with Gasteiger partial charge < -0.3 is 15.4 Å². The van der Waals surface area contributed by atoms with Crippen molar-refractivity contribution in [3.63, 3.8) is 0 Å². The molecule has 1 aliphatic rings. The van der Waals surface area contributed by atoms with Gasteiger partial charge in [-0.15, -0.1) is 0 Å². The van der Waals surface area contributed by atoms with E-state index in [1.807, 2.05) is 19.2 Å². The van der Waals surface area contributed by atoms with E-state index in [4.69, 9.17) is 4.74 Å². The van der Waals surface area contributed by atoms with Gasteiger partial charge in [0.25, 0.3) is 5.91 Å². The molecule has 29 heavy (non-hydrogen) atoms. The Balaban J connectivity index is 1.54. The molecule has 0 bridgehead atoms. The molecule has 0 spiro atoms. The number of halogens is 2. The Morgan fingerprint density at radius 2 is 2.10 bits per heavy atom. The normalized spacial score (nSPS) is 15.5. The number of carbonyl (C=O) groups is 1. The second-order valence-corrected chi connectivity index (χ2v) is 6.82. The van der Waals surface area contributed by atoms with Gasteiger partial charge in [0.15, 0.2) is 11.6 Å². The van der Waals surface area contributed by atoms with Crippen LogP contribution >= 0.6 is 0 Å². The van der Waals surface area contributed by atoms with Crippen LogP contribution < -0.4 is 15.4 Å². The maximum Gasteiger partial charge on any atom is 0.259 e. The molecule has 0 saturated heterocycles. The fraction of sp³-hybridized carbons (Fsp3) is 0.238. The fourth-order valence-corrected chi connectivity index (χ4v) is 3.39. The number of nitrogens with one attached hydrogen (secondary N) is 2. The number of amides is 1. The third-order valence-electron chi connectivity index (χ3n) is 4.95. The SMILES string of the molecule is Cn1nccc1CN[C@H]1CCOc2c(C(=O)Nc3ccc(F)c(F)c3)cccc21. The monoisotopic (exact) mass is 398 g/mol. The van der Waals surface area contributed by atoms with Crippen LogP contribution in [0.1, 0.15) is 34.1 Å². The first kappa shape index (κ1) is 19.1. The van der Waals surface area contributed by atoms with Crippen LogP contribution in [0.5, 0.6) is 5.75 Å². The minimum atomic E-state index is -1.02. The molecule has 0 fully saturated rings. The van der Waals surface area contributed by atoms with E-state index in [9.17, 15) is 13.6 Å². The molecule has 2 N–H and O–H groups in total. The molecule has 8 heteroatoms. The van der Waals surface area contributed by atoms with Gasteiger partial charge in [-0.1, -0.05) is 12.1 Å². The van der Waals surface area contributed by atoms with Crippen LogP contribution in [-0.4, -0.2) is 22.3 Å². The van der Waals surface area contributed by atoms with Gasteiger partial charge in [-0.25, -0.2) is 8.78 Å². The van der Waals surface area contributed by atoms with E-state index < -0.39 is 17.5 Å². The van der Waals surface area contributed by atoms with E-state index in [1.54, 1.807) is 23.0 Å². The van der Waals surface area contributed by atoms with E-state index >= 15 is 0 Å². The molecule has 0 saturated carbocycles. The number of ether oxygens (including phenoxy) is 1. The molecule has 1 aromatic heterocycles. The van der Waals surface area contributed by atoms with Crippen LogP contribution in [0.15, 0.2) is 48.7 Å². The number of hydrogen-bond acceptors (Lipinski definition) is 4. The number of fused-ring (bicyclic) bond motifs is 1. The number of carbonyl (C=O) groups excluding carboxylic acids is 1. The minimum Gasteiger partial charge on any atom is -0.492 e. The lowest BCUT2D eigenvalue weighted by molar-refractivity contribution is 0.102. The summed E-state index contributed by atoms with van der Waals surface area (Å²) in [6, 6.07) is 10.5. The van der Waals surface area contributed by atoms with Crippen molar-refractivity contribution in [2.24, 2.45) is 7.05 Å². The highest BCUT2D eigenvalue weighted by atomic mass is 19.2. The first-order valence-corrected chi connectivity index (χ1v) is 9.25. The molecule has 0 aliphatic carbocycles. The summed E-state index contributed by atoms with van der Waals surface area (Å²) in [7, 11) is 1.88. The summed E-state index contributed by atoms with van der Waals surface area (Å²) < 4.78 is 34.1. The Kier molecular flexibility index (Phi) is 5.26. The van der Waals surface area contributed by atoms with Crippen LogP contribution in [0.25, 0.3) is 0 Å². The maximum atomic E-state index is 13.4. The zero-order valence-corrected chi connectivity index (χ0v) is 15.8. The molecular formula is C21H20F2N4O2. The molecule has 150 valence electrons. The minimum absolute atomic E-state index is 0.0182. The summed E-state index contributed by atoms with van der Waals surface area (Å²) in [5.41, 5.74) is 2.45. The van der Waals surface area contributed by atoms with Gasteiger partial charge in [0.05, 0.1) is 17.9 Å². The summed E-state index contributed by atoms with van der Waals surface area (Å²) in [4.78, 5) is 12.7. The van der Waals surface area contributed by atoms with Crippen molar-refractivity contribution in [2.45, 2.75) is 19.0 Å². The van der Waals surface area contributed by atoms with Gasteiger partial charge in [-0.2, -0.15) is 5.10 Å². The first-order chi connectivity index (χ1) is 14.0. The Morgan fingerprint density at radius 3 is 2.86 bits per heavy atom. The van der Waals surface area contributed by atoms with Crippen molar-refractivity contribution in [3.8, 4) is 5.75 Å². The number of aromatic nitrogens is 2. The van der Waals surface area contributed by atoms with Crippen molar-refractivity contribution in [1.82, 2.24) is 15.1 Å². The van der Waals surface area contributed by atoms with Crippen LogP contribution in [0.3, 0.4) is 0 Å². The predicted molar refractivity (Wildman–Crippen MR) is 104 cm³/mol. The highest BCUT2D eigenvalue weighted by Gasteiger charge is 2.26. The molecule has 6 nitrogen and oxygen atoms in total. The molecule has 2 aromatic carbocycles. The van der Waals surface area contributed by atoms with Crippen LogP contribution in [0.2, 0.25) is 0 Å². The van der Waals surface area contributed by atoms with Crippen molar-refractivity contribution >= 4 is 11.6 Å². The molecule has 0 unspecified atom stereocenters. The molecule has 3 aromatic rings. The molecule has 4 rings (SSSR count).